The molecule has 0 saturated heterocycles. The number of carbonyl (C=O) groups is 2. The summed E-state index contributed by atoms with van der Waals surface area (Å²) >= 11 is 12.0. The van der Waals surface area contributed by atoms with Crippen LogP contribution in [0.3, 0.4) is 0 Å². The molecule has 162 valence electrons. The average Bonchev–Trinajstić information content (AvgIpc) is 2.71. The summed E-state index contributed by atoms with van der Waals surface area (Å²) in [5.41, 5.74) is -0.376. The van der Waals surface area contributed by atoms with Crippen molar-refractivity contribution in [2.75, 3.05) is 5.32 Å². The molecule has 1 heterocycles. The fourth-order valence-electron chi connectivity index (χ4n) is 3.54. The van der Waals surface area contributed by atoms with Gasteiger partial charge < -0.3 is 24.6 Å². The van der Waals surface area contributed by atoms with Crippen molar-refractivity contribution in [2.45, 2.75) is 37.9 Å². The first-order valence-corrected chi connectivity index (χ1v) is 10.5. The number of amides is 1. The quantitative estimate of drug-likeness (QED) is 0.444. The van der Waals surface area contributed by atoms with Gasteiger partial charge in [0.1, 0.15) is 5.75 Å². The molecule has 2 aromatic carbocycles. The number of nitrogens with one attached hydrogen (secondary N) is 1. The lowest BCUT2D eigenvalue weighted by molar-refractivity contribution is -0.249. The van der Waals surface area contributed by atoms with Crippen molar-refractivity contribution >= 4 is 40.8 Å². The number of esters is 1. The van der Waals surface area contributed by atoms with E-state index in [1.807, 2.05) is 0 Å². The summed E-state index contributed by atoms with van der Waals surface area (Å²) in [6.45, 7) is 0. The number of anilines is 1. The van der Waals surface area contributed by atoms with E-state index in [0.717, 1.165) is 19.3 Å². The van der Waals surface area contributed by atoms with Gasteiger partial charge >= 0.3 is 11.9 Å². The van der Waals surface area contributed by atoms with Crippen LogP contribution in [0.5, 0.6) is 11.5 Å². The van der Waals surface area contributed by atoms with Crippen LogP contribution in [0.25, 0.3) is 0 Å². The summed E-state index contributed by atoms with van der Waals surface area (Å²) < 4.78 is 16.7. The zero-order valence-electron chi connectivity index (χ0n) is 16.3. The van der Waals surface area contributed by atoms with E-state index >= 15 is 0 Å². The number of benzene rings is 2. The van der Waals surface area contributed by atoms with Crippen LogP contribution in [-0.2, 0) is 19.1 Å². The highest BCUT2D eigenvalue weighted by atomic mass is 35.5. The first-order chi connectivity index (χ1) is 14.8. The summed E-state index contributed by atoms with van der Waals surface area (Å²) in [6.07, 6.45) is 3.53. The van der Waals surface area contributed by atoms with Gasteiger partial charge in [-0.3, -0.25) is 4.79 Å². The lowest BCUT2D eigenvalue weighted by atomic mass is 9.93. The fourth-order valence-corrected chi connectivity index (χ4v) is 3.83. The van der Waals surface area contributed by atoms with Crippen LogP contribution in [0.15, 0.2) is 54.0 Å². The molecule has 0 radical (unpaired) electrons. The van der Waals surface area contributed by atoms with Crippen LogP contribution in [-0.4, -0.2) is 22.8 Å². The Morgan fingerprint density at radius 2 is 1.68 bits per heavy atom. The fraction of sp³-hybridized carbons (Fsp3) is 0.273. The summed E-state index contributed by atoms with van der Waals surface area (Å²) in [7, 11) is 0. The van der Waals surface area contributed by atoms with Crippen molar-refractivity contribution < 1.29 is 28.9 Å². The zero-order chi connectivity index (χ0) is 22.0. The molecule has 1 fully saturated rings. The van der Waals surface area contributed by atoms with Crippen LogP contribution < -0.4 is 10.1 Å². The Morgan fingerprint density at radius 1 is 1.00 bits per heavy atom. The zero-order valence-corrected chi connectivity index (χ0v) is 17.8. The molecule has 1 aliphatic heterocycles. The van der Waals surface area contributed by atoms with Crippen LogP contribution in [0.2, 0.25) is 10.0 Å². The first kappa shape index (κ1) is 21.3. The Kier molecular flexibility index (Phi) is 5.98. The number of halogens is 2. The Bertz CT molecular complexity index is 1040. The largest absolute Gasteiger partial charge is 0.480 e. The van der Waals surface area contributed by atoms with Gasteiger partial charge in [-0.05, 0) is 49.2 Å². The third-order valence-electron chi connectivity index (χ3n) is 5.06. The minimum absolute atomic E-state index is 0.232. The van der Waals surface area contributed by atoms with E-state index in [9.17, 15) is 14.7 Å². The third-order valence-corrected chi connectivity index (χ3v) is 5.54. The number of hydrogen-bond acceptors (Lipinski definition) is 6. The Morgan fingerprint density at radius 3 is 2.35 bits per heavy atom. The lowest BCUT2D eigenvalue weighted by Gasteiger charge is -2.38. The third kappa shape index (κ3) is 4.73. The first-order valence-electron chi connectivity index (χ1n) is 9.75. The standard InChI is InChI=1S/C22H19Cl2NO6/c23-13-4-7-15(8-5-13)29-17-12-14(24)6-9-16(17)25-19(26)18-20(27)30-22(31-21(18)28)10-2-1-3-11-22/h4-9,12,27H,1-3,10-11H2,(H,25,26). The van der Waals surface area contributed by atoms with Crippen molar-refractivity contribution in [1.82, 2.24) is 0 Å². The summed E-state index contributed by atoms with van der Waals surface area (Å²) in [5, 5.41) is 13.8. The van der Waals surface area contributed by atoms with Crippen LogP contribution >= 0.6 is 23.2 Å². The van der Waals surface area contributed by atoms with Crippen molar-refractivity contribution in [3.05, 3.63) is 64.0 Å². The highest BCUT2D eigenvalue weighted by Gasteiger charge is 2.46. The van der Waals surface area contributed by atoms with Gasteiger partial charge in [0, 0.05) is 29.0 Å². The number of rotatable bonds is 4. The van der Waals surface area contributed by atoms with Gasteiger partial charge in [0.05, 0.1) is 5.69 Å². The van der Waals surface area contributed by atoms with Crippen LogP contribution in [0, 0.1) is 0 Å². The minimum Gasteiger partial charge on any atom is -0.480 e. The van der Waals surface area contributed by atoms with Crippen LogP contribution in [0.1, 0.15) is 32.1 Å². The SMILES string of the molecule is O=C(Nc1ccc(Cl)cc1Oc1ccc(Cl)cc1)C1=C(O)OC2(CCCCC2)OC1=O. The summed E-state index contributed by atoms with van der Waals surface area (Å²) in [4.78, 5) is 25.3. The molecule has 1 spiro atoms. The van der Waals surface area contributed by atoms with E-state index < -0.39 is 29.2 Å². The molecule has 0 unspecified atom stereocenters. The van der Waals surface area contributed by atoms with E-state index in [2.05, 4.69) is 5.32 Å². The molecular weight excluding hydrogens is 445 g/mol. The molecule has 4 rings (SSSR count). The normalized spacial score (nSPS) is 17.7. The topological polar surface area (TPSA) is 94.1 Å². The molecule has 1 saturated carbocycles. The Hall–Kier alpha value is -2.90. The molecule has 2 aromatic rings. The van der Waals surface area contributed by atoms with Crippen molar-refractivity contribution in [2.24, 2.45) is 0 Å². The molecule has 7 nitrogen and oxygen atoms in total. The van der Waals surface area contributed by atoms with E-state index in [-0.39, 0.29) is 11.4 Å². The molecule has 0 aromatic heterocycles. The summed E-state index contributed by atoms with van der Waals surface area (Å²) in [6, 6.07) is 11.2. The predicted molar refractivity (Wildman–Crippen MR) is 114 cm³/mol. The van der Waals surface area contributed by atoms with Gasteiger partial charge in [0.15, 0.2) is 5.75 Å². The van der Waals surface area contributed by atoms with E-state index in [0.29, 0.717) is 28.6 Å². The summed E-state index contributed by atoms with van der Waals surface area (Å²) in [5.74, 6) is -3.08. The highest BCUT2D eigenvalue weighted by molar-refractivity contribution is 6.31. The maximum Gasteiger partial charge on any atom is 0.354 e. The Labute approximate surface area is 188 Å². The molecule has 0 atom stereocenters. The molecule has 2 aliphatic rings. The monoisotopic (exact) mass is 463 g/mol. The molecule has 1 aliphatic carbocycles. The second kappa shape index (κ2) is 8.69. The number of carbonyl (C=O) groups excluding carboxylic acids is 2. The predicted octanol–water partition coefficient (Wildman–Crippen LogP) is 5.73. The average molecular weight is 464 g/mol. The molecule has 31 heavy (non-hydrogen) atoms. The van der Waals surface area contributed by atoms with Crippen LogP contribution in [0.4, 0.5) is 5.69 Å². The van der Waals surface area contributed by atoms with E-state index in [1.54, 1.807) is 30.3 Å². The second-order valence-corrected chi connectivity index (χ2v) is 8.17. The lowest BCUT2D eigenvalue weighted by Crippen LogP contribution is -2.45. The van der Waals surface area contributed by atoms with Gasteiger partial charge in [-0.15, -0.1) is 0 Å². The highest BCUT2D eigenvalue weighted by Crippen LogP contribution is 2.39. The van der Waals surface area contributed by atoms with E-state index in [1.165, 1.54) is 12.1 Å². The van der Waals surface area contributed by atoms with Crippen molar-refractivity contribution in [1.29, 1.82) is 0 Å². The van der Waals surface area contributed by atoms with Gasteiger partial charge in [-0.25, -0.2) is 4.79 Å². The molecule has 1 amide bonds. The maximum absolute atomic E-state index is 12.8. The molecular formula is C22H19Cl2NO6. The number of aliphatic hydroxyl groups is 1. The smallest absolute Gasteiger partial charge is 0.354 e. The molecule has 9 heteroatoms. The second-order valence-electron chi connectivity index (χ2n) is 7.29. The Balaban J connectivity index is 1.56. The van der Waals surface area contributed by atoms with Crippen molar-refractivity contribution in [3.8, 4) is 11.5 Å². The van der Waals surface area contributed by atoms with Gasteiger partial charge in [0.2, 0.25) is 5.57 Å². The van der Waals surface area contributed by atoms with Gasteiger partial charge in [-0.1, -0.05) is 29.6 Å². The maximum atomic E-state index is 12.8. The van der Waals surface area contributed by atoms with Crippen molar-refractivity contribution in [3.63, 3.8) is 0 Å². The number of ether oxygens (including phenoxy) is 3. The molecule has 0 bridgehead atoms. The van der Waals surface area contributed by atoms with Gasteiger partial charge in [-0.2, -0.15) is 0 Å². The van der Waals surface area contributed by atoms with Gasteiger partial charge in [0.25, 0.3) is 11.7 Å². The minimum atomic E-state index is -1.20. The van der Waals surface area contributed by atoms with E-state index in [4.69, 9.17) is 37.4 Å². The molecule has 2 N–H and O–H groups in total. The number of aliphatic hydroxyl groups excluding tert-OH is 1. The number of hydrogen-bond donors (Lipinski definition) is 2.